The van der Waals surface area contributed by atoms with E-state index in [0.717, 1.165) is 11.1 Å². The smallest absolute Gasteiger partial charge is 0.337 e. The molecule has 24 heavy (non-hydrogen) atoms. The fraction of sp³-hybridized carbons (Fsp3) is 0.263. The molecule has 5 nitrogen and oxygen atoms in total. The first-order chi connectivity index (χ1) is 11.5. The number of aryl methyl sites for hydroxylation is 1. The summed E-state index contributed by atoms with van der Waals surface area (Å²) in [6.07, 6.45) is 0. The summed E-state index contributed by atoms with van der Waals surface area (Å²) in [7, 11) is 1.33. The Morgan fingerprint density at radius 2 is 1.83 bits per heavy atom. The van der Waals surface area contributed by atoms with Crippen LogP contribution in [0.4, 0.5) is 5.69 Å². The molecule has 0 aliphatic heterocycles. The molecule has 1 amide bonds. The van der Waals surface area contributed by atoms with Crippen molar-refractivity contribution in [1.29, 1.82) is 0 Å². The van der Waals surface area contributed by atoms with Crippen LogP contribution in [0.1, 0.15) is 34.5 Å². The Balaban J connectivity index is 1.96. The molecule has 5 heteroatoms. The van der Waals surface area contributed by atoms with Gasteiger partial charge in [-0.3, -0.25) is 4.79 Å². The van der Waals surface area contributed by atoms with E-state index in [1.807, 2.05) is 44.2 Å². The zero-order chi connectivity index (χ0) is 17.5. The predicted octanol–water partition coefficient (Wildman–Crippen LogP) is 3.07. The van der Waals surface area contributed by atoms with E-state index in [4.69, 9.17) is 4.74 Å². The summed E-state index contributed by atoms with van der Waals surface area (Å²) in [5.74, 6) is -0.593. The SMILES string of the molecule is COC(=O)c1ccc(C)c(NC(=O)CN[C@H](C)c2ccccc2)c1. The van der Waals surface area contributed by atoms with Crippen LogP contribution in [-0.4, -0.2) is 25.5 Å². The lowest BCUT2D eigenvalue weighted by Gasteiger charge is -2.15. The van der Waals surface area contributed by atoms with Crippen LogP contribution in [-0.2, 0) is 9.53 Å². The lowest BCUT2D eigenvalue weighted by Crippen LogP contribution is -2.30. The van der Waals surface area contributed by atoms with Gasteiger partial charge in [-0.2, -0.15) is 0 Å². The third-order valence-electron chi connectivity index (χ3n) is 3.80. The quantitative estimate of drug-likeness (QED) is 0.801. The molecular weight excluding hydrogens is 304 g/mol. The van der Waals surface area contributed by atoms with Crippen molar-refractivity contribution in [3.63, 3.8) is 0 Å². The number of anilines is 1. The van der Waals surface area contributed by atoms with Crippen LogP contribution in [0, 0.1) is 6.92 Å². The molecule has 0 aliphatic carbocycles. The number of amides is 1. The second-order valence-electron chi connectivity index (χ2n) is 5.58. The van der Waals surface area contributed by atoms with E-state index in [0.29, 0.717) is 11.3 Å². The zero-order valence-corrected chi connectivity index (χ0v) is 14.1. The van der Waals surface area contributed by atoms with Crippen LogP contribution in [0.2, 0.25) is 0 Å². The molecule has 126 valence electrons. The monoisotopic (exact) mass is 326 g/mol. The number of ether oxygens (including phenoxy) is 1. The van der Waals surface area contributed by atoms with E-state index >= 15 is 0 Å². The van der Waals surface area contributed by atoms with Gasteiger partial charge in [-0.05, 0) is 37.1 Å². The molecule has 0 saturated heterocycles. The minimum atomic E-state index is -0.429. The first-order valence-electron chi connectivity index (χ1n) is 7.78. The van der Waals surface area contributed by atoms with E-state index in [1.165, 1.54) is 7.11 Å². The maximum atomic E-state index is 12.2. The van der Waals surface area contributed by atoms with Crippen LogP contribution in [0.3, 0.4) is 0 Å². The molecule has 0 fully saturated rings. The molecule has 0 heterocycles. The second-order valence-corrected chi connectivity index (χ2v) is 5.58. The number of benzene rings is 2. The third-order valence-corrected chi connectivity index (χ3v) is 3.80. The third kappa shape index (κ3) is 4.67. The molecule has 2 aromatic carbocycles. The van der Waals surface area contributed by atoms with Gasteiger partial charge in [0.05, 0.1) is 19.2 Å². The van der Waals surface area contributed by atoms with Crippen molar-refractivity contribution in [2.75, 3.05) is 19.0 Å². The number of carbonyl (C=O) groups excluding carboxylic acids is 2. The molecule has 2 rings (SSSR count). The highest BCUT2D eigenvalue weighted by atomic mass is 16.5. The topological polar surface area (TPSA) is 67.4 Å². The predicted molar refractivity (Wildman–Crippen MR) is 94.0 cm³/mol. The van der Waals surface area contributed by atoms with Gasteiger partial charge < -0.3 is 15.4 Å². The standard InChI is InChI=1S/C19H22N2O3/c1-13-9-10-16(19(23)24-3)11-17(13)21-18(22)12-20-14(2)15-7-5-4-6-8-15/h4-11,14,20H,12H2,1-3H3,(H,21,22)/t14-/m1/s1. The molecule has 0 unspecified atom stereocenters. The Hall–Kier alpha value is -2.66. The highest BCUT2D eigenvalue weighted by molar-refractivity contribution is 5.96. The zero-order valence-electron chi connectivity index (χ0n) is 14.1. The number of hydrogen-bond acceptors (Lipinski definition) is 4. The van der Waals surface area contributed by atoms with E-state index in [2.05, 4.69) is 10.6 Å². The van der Waals surface area contributed by atoms with Crippen molar-refractivity contribution in [2.24, 2.45) is 0 Å². The number of carbonyl (C=O) groups is 2. The summed E-state index contributed by atoms with van der Waals surface area (Å²) in [4.78, 5) is 23.7. The minimum absolute atomic E-state index is 0.0689. The van der Waals surface area contributed by atoms with Crippen molar-refractivity contribution in [1.82, 2.24) is 5.32 Å². The Morgan fingerprint density at radius 1 is 1.12 bits per heavy atom. The molecule has 1 atom stereocenters. The second kappa shape index (κ2) is 8.26. The van der Waals surface area contributed by atoms with Gasteiger partial charge in [-0.25, -0.2) is 4.79 Å². The number of hydrogen-bond donors (Lipinski definition) is 2. The molecule has 0 radical (unpaired) electrons. The largest absolute Gasteiger partial charge is 0.465 e. The molecular formula is C19H22N2O3. The van der Waals surface area contributed by atoms with Gasteiger partial charge in [0.1, 0.15) is 0 Å². The van der Waals surface area contributed by atoms with Crippen molar-refractivity contribution in [3.05, 3.63) is 65.2 Å². The van der Waals surface area contributed by atoms with Crippen molar-refractivity contribution in [2.45, 2.75) is 19.9 Å². The van der Waals surface area contributed by atoms with E-state index in [9.17, 15) is 9.59 Å². The van der Waals surface area contributed by atoms with Crippen molar-refractivity contribution in [3.8, 4) is 0 Å². The van der Waals surface area contributed by atoms with Crippen LogP contribution in [0.25, 0.3) is 0 Å². The van der Waals surface area contributed by atoms with Gasteiger partial charge >= 0.3 is 5.97 Å². The average Bonchev–Trinajstić information content (AvgIpc) is 2.61. The van der Waals surface area contributed by atoms with E-state index < -0.39 is 5.97 Å². The summed E-state index contributed by atoms with van der Waals surface area (Å²) >= 11 is 0. The molecule has 0 aromatic heterocycles. The first kappa shape index (κ1) is 17.7. The van der Waals surface area contributed by atoms with E-state index in [1.54, 1.807) is 18.2 Å². The number of methoxy groups -OCH3 is 1. The van der Waals surface area contributed by atoms with Crippen LogP contribution < -0.4 is 10.6 Å². The lowest BCUT2D eigenvalue weighted by molar-refractivity contribution is -0.115. The number of esters is 1. The summed E-state index contributed by atoms with van der Waals surface area (Å²) < 4.78 is 4.70. The van der Waals surface area contributed by atoms with Gasteiger partial charge in [-0.1, -0.05) is 36.4 Å². The van der Waals surface area contributed by atoms with Crippen molar-refractivity contribution < 1.29 is 14.3 Å². The Kier molecular flexibility index (Phi) is 6.09. The average molecular weight is 326 g/mol. The Morgan fingerprint density at radius 3 is 2.50 bits per heavy atom. The van der Waals surface area contributed by atoms with Crippen molar-refractivity contribution >= 4 is 17.6 Å². The highest BCUT2D eigenvalue weighted by Gasteiger charge is 2.11. The number of nitrogens with one attached hydrogen (secondary N) is 2. The van der Waals surface area contributed by atoms with Gasteiger partial charge in [0.25, 0.3) is 0 Å². The van der Waals surface area contributed by atoms with Gasteiger partial charge in [0, 0.05) is 11.7 Å². The molecule has 2 N–H and O–H groups in total. The summed E-state index contributed by atoms with van der Waals surface area (Å²) in [5, 5.41) is 6.01. The Labute approximate surface area is 142 Å². The molecule has 0 aliphatic rings. The maximum Gasteiger partial charge on any atom is 0.337 e. The highest BCUT2D eigenvalue weighted by Crippen LogP contribution is 2.17. The van der Waals surface area contributed by atoms with Gasteiger partial charge in [0.15, 0.2) is 0 Å². The summed E-state index contributed by atoms with van der Waals surface area (Å²) in [6, 6.07) is 15.1. The fourth-order valence-corrected chi connectivity index (χ4v) is 2.30. The van der Waals surface area contributed by atoms with E-state index in [-0.39, 0.29) is 18.5 Å². The minimum Gasteiger partial charge on any atom is -0.465 e. The summed E-state index contributed by atoms with van der Waals surface area (Å²) in [6.45, 7) is 4.06. The maximum absolute atomic E-state index is 12.2. The molecule has 0 bridgehead atoms. The molecule has 0 spiro atoms. The fourth-order valence-electron chi connectivity index (χ4n) is 2.30. The summed E-state index contributed by atoms with van der Waals surface area (Å²) in [5.41, 5.74) is 3.02. The van der Waals surface area contributed by atoms with Crippen LogP contribution in [0.5, 0.6) is 0 Å². The van der Waals surface area contributed by atoms with Crippen LogP contribution >= 0.6 is 0 Å². The lowest BCUT2D eigenvalue weighted by atomic mass is 10.1. The Bertz CT molecular complexity index is 714. The molecule has 2 aromatic rings. The number of rotatable bonds is 6. The normalized spacial score (nSPS) is 11.6. The van der Waals surface area contributed by atoms with Crippen LogP contribution in [0.15, 0.2) is 48.5 Å². The van der Waals surface area contributed by atoms with Gasteiger partial charge in [-0.15, -0.1) is 0 Å². The first-order valence-corrected chi connectivity index (χ1v) is 7.78. The molecule has 0 saturated carbocycles. The van der Waals surface area contributed by atoms with Gasteiger partial charge in [0.2, 0.25) is 5.91 Å².